The Bertz CT molecular complexity index is 642. The number of benzene rings is 1. The molecule has 0 fully saturated rings. The van der Waals surface area contributed by atoms with Gasteiger partial charge in [0.1, 0.15) is 6.07 Å². The zero-order valence-corrected chi connectivity index (χ0v) is 10.5. The highest BCUT2D eigenvalue weighted by atomic mass is 32.2. The summed E-state index contributed by atoms with van der Waals surface area (Å²) in [6, 6.07) is 7.10. The Morgan fingerprint density at radius 1 is 1.39 bits per heavy atom. The van der Waals surface area contributed by atoms with Crippen molar-refractivity contribution in [2.24, 2.45) is 5.14 Å². The van der Waals surface area contributed by atoms with Crippen LogP contribution < -0.4 is 9.86 Å². The fourth-order valence-corrected chi connectivity index (χ4v) is 2.57. The summed E-state index contributed by atoms with van der Waals surface area (Å²) < 4.78 is 24.3. The number of nitriles is 1. The van der Waals surface area contributed by atoms with Crippen LogP contribution in [0.25, 0.3) is 5.57 Å². The molecule has 3 N–H and O–H groups in total. The maximum absolute atomic E-state index is 11.0. The standard InChI is InChI=1S/C12H13N3O2S/c13-8-11-10(9-4-1-2-5-9)6-3-7-12(11)15-18(14,16)17/h3-4,6-7,15H,1-2,5H2,(H2,14,16,17). The molecule has 1 aromatic rings. The van der Waals surface area contributed by atoms with Crippen molar-refractivity contribution in [2.45, 2.75) is 19.3 Å². The van der Waals surface area contributed by atoms with Crippen molar-refractivity contribution >= 4 is 21.5 Å². The molecule has 18 heavy (non-hydrogen) atoms. The highest BCUT2D eigenvalue weighted by molar-refractivity contribution is 7.90. The Hall–Kier alpha value is -1.84. The van der Waals surface area contributed by atoms with E-state index in [0.29, 0.717) is 5.56 Å². The van der Waals surface area contributed by atoms with Crippen molar-refractivity contribution in [1.29, 1.82) is 5.26 Å². The Morgan fingerprint density at radius 2 is 2.17 bits per heavy atom. The Morgan fingerprint density at radius 3 is 2.72 bits per heavy atom. The molecule has 0 amide bonds. The van der Waals surface area contributed by atoms with Crippen LogP contribution in [0.3, 0.4) is 0 Å². The van der Waals surface area contributed by atoms with Crippen molar-refractivity contribution in [1.82, 2.24) is 0 Å². The smallest absolute Gasteiger partial charge is 0.270 e. The van der Waals surface area contributed by atoms with E-state index in [0.717, 1.165) is 30.4 Å². The third-order valence-corrected chi connectivity index (χ3v) is 3.32. The molecule has 1 aliphatic rings. The van der Waals surface area contributed by atoms with Crippen LogP contribution in [0.4, 0.5) is 5.69 Å². The SMILES string of the molecule is N#Cc1c(NS(N)(=O)=O)cccc1C1=CCCC1. The van der Waals surface area contributed by atoms with Gasteiger partial charge in [-0.05, 0) is 36.5 Å². The summed E-state index contributed by atoms with van der Waals surface area (Å²) in [6.07, 6.45) is 5.05. The average molecular weight is 263 g/mol. The van der Waals surface area contributed by atoms with Gasteiger partial charge in [0.2, 0.25) is 0 Å². The van der Waals surface area contributed by atoms with Gasteiger partial charge in [-0.15, -0.1) is 0 Å². The predicted molar refractivity (Wildman–Crippen MR) is 69.7 cm³/mol. The lowest BCUT2D eigenvalue weighted by atomic mass is 9.99. The van der Waals surface area contributed by atoms with E-state index >= 15 is 0 Å². The van der Waals surface area contributed by atoms with Gasteiger partial charge in [-0.2, -0.15) is 13.7 Å². The summed E-state index contributed by atoms with van der Waals surface area (Å²) in [6.45, 7) is 0. The first-order valence-electron chi connectivity index (χ1n) is 5.54. The molecular weight excluding hydrogens is 250 g/mol. The Labute approximate surface area is 106 Å². The van der Waals surface area contributed by atoms with Crippen molar-refractivity contribution in [2.75, 3.05) is 4.72 Å². The molecule has 1 aromatic carbocycles. The summed E-state index contributed by atoms with van der Waals surface area (Å²) in [4.78, 5) is 0. The first-order valence-corrected chi connectivity index (χ1v) is 7.09. The van der Waals surface area contributed by atoms with Gasteiger partial charge < -0.3 is 0 Å². The monoisotopic (exact) mass is 263 g/mol. The van der Waals surface area contributed by atoms with Gasteiger partial charge in [0, 0.05) is 0 Å². The molecule has 94 valence electrons. The summed E-state index contributed by atoms with van der Waals surface area (Å²) >= 11 is 0. The van der Waals surface area contributed by atoms with E-state index in [4.69, 9.17) is 5.14 Å². The second kappa shape index (κ2) is 4.80. The van der Waals surface area contributed by atoms with Crippen LogP contribution in [-0.2, 0) is 10.2 Å². The van der Waals surface area contributed by atoms with Crippen molar-refractivity contribution < 1.29 is 8.42 Å². The molecule has 2 rings (SSSR count). The first-order chi connectivity index (χ1) is 8.51. The van der Waals surface area contributed by atoms with Crippen LogP contribution in [0, 0.1) is 11.3 Å². The molecule has 0 saturated heterocycles. The lowest BCUT2D eigenvalue weighted by Crippen LogP contribution is -2.22. The minimum Gasteiger partial charge on any atom is -0.270 e. The molecule has 0 atom stereocenters. The number of rotatable bonds is 3. The maximum Gasteiger partial charge on any atom is 0.296 e. The van der Waals surface area contributed by atoms with Crippen LogP contribution in [0.1, 0.15) is 30.4 Å². The number of hydrogen-bond donors (Lipinski definition) is 2. The van der Waals surface area contributed by atoms with E-state index in [-0.39, 0.29) is 5.69 Å². The molecule has 0 bridgehead atoms. The second-order valence-electron chi connectivity index (χ2n) is 4.11. The molecule has 0 unspecified atom stereocenters. The third-order valence-electron chi connectivity index (χ3n) is 2.82. The second-order valence-corrected chi connectivity index (χ2v) is 5.40. The fourth-order valence-electron chi connectivity index (χ4n) is 2.09. The number of hydrogen-bond acceptors (Lipinski definition) is 3. The average Bonchev–Trinajstić information content (AvgIpc) is 2.79. The van der Waals surface area contributed by atoms with Crippen LogP contribution >= 0.6 is 0 Å². The van der Waals surface area contributed by atoms with E-state index in [9.17, 15) is 13.7 Å². The summed E-state index contributed by atoms with van der Waals surface area (Å²) in [5.74, 6) is 0. The van der Waals surface area contributed by atoms with Gasteiger partial charge in [-0.25, -0.2) is 5.14 Å². The van der Waals surface area contributed by atoms with Gasteiger partial charge in [-0.1, -0.05) is 18.2 Å². The summed E-state index contributed by atoms with van der Waals surface area (Å²) in [5, 5.41) is 14.1. The topological polar surface area (TPSA) is 96.0 Å². The molecule has 0 radical (unpaired) electrons. The third kappa shape index (κ3) is 2.70. The Kier molecular flexibility index (Phi) is 3.36. The van der Waals surface area contributed by atoms with E-state index in [1.54, 1.807) is 6.07 Å². The minimum absolute atomic E-state index is 0.227. The Balaban J connectivity index is 2.50. The molecular formula is C12H13N3O2S. The van der Waals surface area contributed by atoms with Crippen molar-refractivity contribution in [3.8, 4) is 6.07 Å². The highest BCUT2D eigenvalue weighted by Crippen LogP contribution is 2.32. The van der Waals surface area contributed by atoms with Gasteiger partial charge >= 0.3 is 0 Å². The highest BCUT2D eigenvalue weighted by Gasteiger charge is 2.16. The predicted octanol–water partition coefficient (Wildman–Crippen LogP) is 1.74. The molecule has 0 aliphatic heterocycles. The van der Waals surface area contributed by atoms with Crippen LogP contribution in [0.5, 0.6) is 0 Å². The van der Waals surface area contributed by atoms with Crippen LogP contribution in [0.15, 0.2) is 24.3 Å². The van der Waals surface area contributed by atoms with E-state index in [1.165, 1.54) is 6.07 Å². The lowest BCUT2D eigenvalue weighted by Gasteiger charge is -2.10. The van der Waals surface area contributed by atoms with Crippen molar-refractivity contribution in [3.63, 3.8) is 0 Å². The summed E-state index contributed by atoms with van der Waals surface area (Å²) in [5.41, 5.74) is 2.42. The van der Waals surface area contributed by atoms with E-state index in [2.05, 4.69) is 10.8 Å². The maximum atomic E-state index is 11.0. The molecule has 1 aliphatic carbocycles. The zero-order valence-electron chi connectivity index (χ0n) is 9.68. The number of nitrogens with one attached hydrogen (secondary N) is 1. The first kappa shape index (κ1) is 12.6. The lowest BCUT2D eigenvalue weighted by molar-refractivity contribution is 0.603. The van der Waals surface area contributed by atoms with Crippen LogP contribution in [-0.4, -0.2) is 8.42 Å². The number of allylic oxidation sites excluding steroid dienone is 2. The van der Waals surface area contributed by atoms with Crippen molar-refractivity contribution in [3.05, 3.63) is 35.4 Å². The van der Waals surface area contributed by atoms with Gasteiger partial charge in [-0.3, -0.25) is 4.72 Å². The largest absolute Gasteiger partial charge is 0.296 e. The quantitative estimate of drug-likeness (QED) is 0.869. The fraction of sp³-hybridized carbons (Fsp3) is 0.250. The molecule has 6 heteroatoms. The molecule has 0 aromatic heterocycles. The number of anilines is 1. The number of nitrogens with two attached hydrogens (primary N) is 1. The van der Waals surface area contributed by atoms with E-state index in [1.807, 2.05) is 12.1 Å². The zero-order chi connectivity index (χ0) is 13.2. The summed E-state index contributed by atoms with van der Waals surface area (Å²) in [7, 11) is -3.87. The minimum atomic E-state index is -3.87. The van der Waals surface area contributed by atoms with Gasteiger partial charge in [0.15, 0.2) is 0 Å². The number of nitrogens with zero attached hydrogens (tertiary/aromatic N) is 1. The normalized spacial score (nSPS) is 15.0. The molecule has 0 saturated carbocycles. The molecule has 5 nitrogen and oxygen atoms in total. The van der Waals surface area contributed by atoms with Gasteiger partial charge in [0.05, 0.1) is 11.3 Å². The van der Waals surface area contributed by atoms with Gasteiger partial charge in [0.25, 0.3) is 10.2 Å². The molecule has 0 heterocycles. The van der Waals surface area contributed by atoms with Crippen LogP contribution in [0.2, 0.25) is 0 Å². The van der Waals surface area contributed by atoms with E-state index < -0.39 is 10.2 Å². The molecule has 0 spiro atoms.